The van der Waals surface area contributed by atoms with Gasteiger partial charge in [0.2, 0.25) is 0 Å². The Morgan fingerprint density at radius 1 is 1.24 bits per heavy atom. The number of nitrogens with zero attached hydrogens (tertiary/aromatic N) is 4. The van der Waals surface area contributed by atoms with Crippen molar-refractivity contribution >= 4 is 46.1 Å². The van der Waals surface area contributed by atoms with Gasteiger partial charge in [-0.05, 0) is 43.2 Å². The number of methoxy groups -OCH3 is 1. The lowest BCUT2D eigenvalue weighted by molar-refractivity contribution is -0.122. The first-order valence-corrected chi connectivity index (χ1v) is 13.1. The Morgan fingerprint density at radius 2 is 1.91 bits per heavy atom. The van der Waals surface area contributed by atoms with Gasteiger partial charge in [-0.2, -0.15) is 5.26 Å². The number of hydrogen-bond donors (Lipinski definition) is 0. The fraction of sp³-hybridized carbons (Fsp3) is 0.600. The molecular formula is C25H34N4O3S2. The Morgan fingerprint density at radius 3 is 2.50 bits per heavy atom. The number of piperidine rings is 1. The molecular weight excluding hydrogens is 468 g/mol. The largest absolute Gasteiger partial charge is 0.383 e. The third-order valence-electron chi connectivity index (χ3n) is 6.42. The molecule has 34 heavy (non-hydrogen) atoms. The second kappa shape index (κ2) is 11.5. The van der Waals surface area contributed by atoms with Crippen LogP contribution in [0, 0.1) is 30.1 Å². The van der Waals surface area contributed by atoms with Crippen LogP contribution in [-0.4, -0.2) is 53.0 Å². The van der Waals surface area contributed by atoms with E-state index in [1.807, 2.05) is 13.0 Å². The Bertz CT molecular complexity index is 1080. The van der Waals surface area contributed by atoms with Crippen molar-refractivity contribution in [1.29, 1.82) is 5.26 Å². The highest BCUT2D eigenvalue weighted by Gasteiger charge is 2.34. The molecule has 0 N–H and O–H groups in total. The van der Waals surface area contributed by atoms with Crippen molar-refractivity contribution < 1.29 is 9.53 Å². The Labute approximate surface area is 211 Å². The molecule has 3 heterocycles. The molecule has 3 rings (SSSR count). The Balaban J connectivity index is 2.22. The number of unbranched alkanes of at least 4 members (excludes halogenated alkanes) is 1. The third-order valence-corrected chi connectivity index (χ3v) is 7.80. The summed E-state index contributed by atoms with van der Waals surface area (Å²) in [6.07, 6.45) is 4.74. The van der Waals surface area contributed by atoms with Gasteiger partial charge < -0.3 is 9.64 Å². The molecule has 1 aromatic heterocycles. The molecule has 0 bridgehead atoms. The van der Waals surface area contributed by atoms with Gasteiger partial charge in [0.1, 0.15) is 21.8 Å². The van der Waals surface area contributed by atoms with Crippen molar-refractivity contribution in [1.82, 2.24) is 9.47 Å². The van der Waals surface area contributed by atoms with Crippen LogP contribution >= 0.6 is 24.0 Å². The van der Waals surface area contributed by atoms with Crippen LogP contribution in [0.3, 0.4) is 0 Å². The highest BCUT2D eigenvalue weighted by Crippen LogP contribution is 2.37. The molecule has 9 heteroatoms. The van der Waals surface area contributed by atoms with Crippen molar-refractivity contribution in [2.24, 2.45) is 11.8 Å². The number of carbonyl (C=O) groups is 1. The van der Waals surface area contributed by atoms with E-state index in [2.05, 4.69) is 31.7 Å². The summed E-state index contributed by atoms with van der Waals surface area (Å²) in [5, 5.41) is 9.84. The monoisotopic (exact) mass is 502 g/mol. The molecule has 2 atom stereocenters. The van der Waals surface area contributed by atoms with E-state index in [4.69, 9.17) is 17.0 Å². The van der Waals surface area contributed by atoms with Crippen LogP contribution in [0.4, 0.5) is 5.82 Å². The number of pyridine rings is 1. The summed E-state index contributed by atoms with van der Waals surface area (Å²) in [4.78, 5) is 30.9. The summed E-state index contributed by atoms with van der Waals surface area (Å²) >= 11 is 6.71. The predicted molar refractivity (Wildman–Crippen MR) is 142 cm³/mol. The van der Waals surface area contributed by atoms with Crippen molar-refractivity contribution in [3.8, 4) is 6.07 Å². The second-order valence-corrected chi connectivity index (χ2v) is 11.0. The second-order valence-electron chi connectivity index (χ2n) is 9.34. The van der Waals surface area contributed by atoms with Crippen LogP contribution in [0.2, 0.25) is 0 Å². The van der Waals surface area contributed by atoms with E-state index >= 15 is 0 Å². The lowest BCUT2D eigenvalue weighted by Gasteiger charge is -2.39. The number of nitriles is 1. The van der Waals surface area contributed by atoms with Gasteiger partial charge in [0, 0.05) is 32.3 Å². The maximum atomic E-state index is 13.4. The number of aromatic nitrogens is 1. The van der Waals surface area contributed by atoms with Crippen LogP contribution < -0.4 is 10.5 Å². The fourth-order valence-corrected chi connectivity index (χ4v) is 6.14. The molecule has 0 radical (unpaired) electrons. The van der Waals surface area contributed by atoms with Crippen LogP contribution in [-0.2, 0) is 16.1 Å². The molecule has 7 nitrogen and oxygen atoms in total. The fourth-order valence-electron chi connectivity index (χ4n) is 4.85. The zero-order valence-electron chi connectivity index (χ0n) is 20.7. The maximum Gasteiger partial charge on any atom is 0.270 e. The van der Waals surface area contributed by atoms with E-state index in [9.17, 15) is 14.9 Å². The smallest absolute Gasteiger partial charge is 0.270 e. The zero-order valence-corrected chi connectivity index (χ0v) is 22.4. The van der Waals surface area contributed by atoms with Gasteiger partial charge in [0.05, 0.1) is 18.1 Å². The van der Waals surface area contributed by atoms with E-state index < -0.39 is 0 Å². The summed E-state index contributed by atoms with van der Waals surface area (Å²) < 4.78 is 7.38. The standard InChI is InChI=1S/C25H34N4O3S2/c1-6-7-8-28-22(27-14-16(2)11-17(3)15-27)19(18(4)20(13-26)23(28)30)12-21-24(31)29(9-10-32-5)25(33)34-21/h12,16-17H,6-11,14-15H2,1-5H3. The predicted octanol–water partition coefficient (Wildman–Crippen LogP) is 4.16. The van der Waals surface area contributed by atoms with E-state index in [0.717, 1.165) is 43.7 Å². The van der Waals surface area contributed by atoms with E-state index in [1.54, 1.807) is 16.6 Å². The molecule has 0 aromatic carbocycles. The molecule has 0 aliphatic carbocycles. The van der Waals surface area contributed by atoms with E-state index in [1.165, 1.54) is 11.8 Å². The highest BCUT2D eigenvalue weighted by molar-refractivity contribution is 8.26. The van der Waals surface area contributed by atoms with Gasteiger partial charge in [-0.25, -0.2) is 0 Å². The number of rotatable bonds is 8. The van der Waals surface area contributed by atoms with Crippen molar-refractivity contribution in [3.05, 3.63) is 31.9 Å². The topological polar surface area (TPSA) is 78.6 Å². The number of thioether (sulfide) groups is 1. The summed E-state index contributed by atoms with van der Waals surface area (Å²) in [6.45, 7) is 11.3. The molecule has 1 aromatic rings. The quantitative estimate of drug-likeness (QED) is 0.390. The summed E-state index contributed by atoms with van der Waals surface area (Å²) in [7, 11) is 1.59. The molecule has 2 fully saturated rings. The van der Waals surface area contributed by atoms with Gasteiger partial charge in [-0.1, -0.05) is 51.2 Å². The van der Waals surface area contributed by atoms with Gasteiger partial charge in [-0.3, -0.25) is 19.1 Å². The number of carbonyl (C=O) groups excluding carboxylic acids is 1. The molecule has 2 saturated heterocycles. The van der Waals surface area contributed by atoms with Crippen LogP contribution in [0.15, 0.2) is 9.70 Å². The van der Waals surface area contributed by atoms with Crippen molar-refractivity contribution in [2.45, 2.75) is 53.5 Å². The number of amides is 1. The number of hydrogen-bond acceptors (Lipinski definition) is 7. The summed E-state index contributed by atoms with van der Waals surface area (Å²) in [5.74, 6) is 1.61. The highest BCUT2D eigenvalue weighted by atomic mass is 32.2. The van der Waals surface area contributed by atoms with Crippen LogP contribution in [0.25, 0.3) is 6.08 Å². The minimum absolute atomic E-state index is 0.138. The molecule has 1 amide bonds. The van der Waals surface area contributed by atoms with Crippen LogP contribution in [0.5, 0.6) is 0 Å². The first-order valence-electron chi connectivity index (χ1n) is 11.9. The lowest BCUT2D eigenvalue weighted by Crippen LogP contribution is -2.43. The maximum absolute atomic E-state index is 13.4. The van der Waals surface area contributed by atoms with Crippen LogP contribution in [0.1, 0.15) is 56.7 Å². The number of anilines is 1. The van der Waals surface area contributed by atoms with E-state index in [0.29, 0.717) is 46.3 Å². The summed E-state index contributed by atoms with van der Waals surface area (Å²) in [6, 6.07) is 2.12. The van der Waals surface area contributed by atoms with Crippen molar-refractivity contribution in [3.63, 3.8) is 0 Å². The first-order chi connectivity index (χ1) is 16.2. The average Bonchev–Trinajstić information content (AvgIpc) is 3.05. The third kappa shape index (κ3) is 5.40. The normalized spacial score (nSPS) is 22.1. The Hall–Kier alpha value is -2.15. The molecule has 2 aliphatic heterocycles. The Kier molecular flexibility index (Phi) is 8.96. The minimum Gasteiger partial charge on any atom is -0.383 e. The molecule has 2 aliphatic rings. The lowest BCUT2D eigenvalue weighted by atomic mass is 9.91. The minimum atomic E-state index is -0.251. The molecule has 2 unspecified atom stereocenters. The van der Waals surface area contributed by atoms with E-state index in [-0.39, 0.29) is 17.0 Å². The molecule has 0 spiro atoms. The first kappa shape index (κ1) is 26.5. The average molecular weight is 503 g/mol. The van der Waals surface area contributed by atoms with Gasteiger partial charge in [-0.15, -0.1) is 0 Å². The zero-order chi connectivity index (χ0) is 25.0. The molecule has 184 valence electrons. The van der Waals surface area contributed by atoms with Gasteiger partial charge in [0.25, 0.3) is 11.5 Å². The SMILES string of the molecule is CCCCn1c(N2CC(C)CC(C)C2)c(C=C2SC(=S)N(CCOC)C2=O)c(C)c(C#N)c1=O. The number of thiocarbonyl (C=S) groups is 1. The van der Waals surface area contributed by atoms with Gasteiger partial charge in [0.15, 0.2) is 0 Å². The number of ether oxygens (including phenoxy) is 1. The summed E-state index contributed by atoms with van der Waals surface area (Å²) in [5.41, 5.74) is 1.27. The van der Waals surface area contributed by atoms with Crippen molar-refractivity contribution in [2.75, 3.05) is 38.3 Å². The van der Waals surface area contributed by atoms with Gasteiger partial charge >= 0.3 is 0 Å². The molecule has 0 saturated carbocycles.